The summed E-state index contributed by atoms with van der Waals surface area (Å²) in [6.45, 7) is 5.11. The van der Waals surface area contributed by atoms with Crippen LogP contribution < -0.4 is 5.73 Å². The molecule has 0 aromatic carbocycles. The van der Waals surface area contributed by atoms with Crippen LogP contribution in [0.2, 0.25) is 0 Å². The van der Waals surface area contributed by atoms with Crippen LogP contribution >= 0.6 is 0 Å². The summed E-state index contributed by atoms with van der Waals surface area (Å²) in [6, 6.07) is 0.471. The fraction of sp³-hybridized carbons (Fsp3) is 1.00. The van der Waals surface area contributed by atoms with Gasteiger partial charge < -0.3 is 15.5 Å². The van der Waals surface area contributed by atoms with Crippen LogP contribution in [-0.2, 0) is 0 Å². The predicted octanol–water partition coefficient (Wildman–Crippen LogP) is 1.78. The molecule has 106 valence electrons. The van der Waals surface area contributed by atoms with Crippen molar-refractivity contribution < 1.29 is 0 Å². The van der Waals surface area contributed by atoms with E-state index >= 15 is 0 Å². The molecular weight excluding hydrogens is 222 g/mol. The Morgan fingerprint density at radius 2 is 1.72 bits per heavy atom. The minimum atomic E-state index is 0.471. The van der Waals surface area contributed by atoms with Crippen molar-refractivity contribution >= 4 is 0 Å². The molecule has 0 spiro atoms. The molecule has 0 aromatic heterocycles. The van der Waals surface area contributed by atoms with Gasteiger partial charge in [-0.2, -0.15) is 0 Å². The van der Waals surface area contributed by atoms with E-state index in [0.29, 0.717) is 6.04 Å². The summed E-state index contributed by atoms with van der Waals surface area (Å²) in [5.41, 5.74) is 6.26. The van der Waals surface area contributed by atoms with Gasteiger partial charge in [0.25, 0.3) is 0 Å². The highest BCUT2D eigenvalue weighted by atomic mass is 15.1. The first-order valence-electron chi connectivity index (χ1n) is 7.78. The Hall–Kier alpha value is -0.120. The molecule has 3 nitrogen and oxygen atoms in total. The largest absolute Gasteiger partial charge is 0.327 e. The van der Waals surface area contributed by atoms with E-state index in [4.69, 9.17) is 5.73 Å². The number of hydrogen-bond acceptors (Lipinski definition) is 3. The van der Waals surface area contributed by atoms with E-state index in [9.17, 15) is 0 Å². The Kier molecular flexibility index (Phi) is 5.46. The van der Waals surface area contributed by atoms with Crippen molar-refractivity contribution in [2.75, 3.05) is 40.3 Å². The fourth-order valence-electron chi connectivity index (χ4n) is 3.66. The van der Waals surface area contributed by atoms with Gasteiger partial charge in [0.1, 0.15) is 0 Å². The minimum absolute atomic E-state index is 0.471. The molecule has 2 rings (SSSR count). The lowest BCUT2D eigenvalue weighted by molar-refractivity contribution is 0.126. The normalized spacial score (nSPS) is 32.0. The summed E-state index contributed by atoms with van der Waals surface area (Å²) < 4.78 is 0. The summed E-state index contributed by atoms with van der Waals surface area (Å²) in [4.78, 5) is 5.00. The Bertz CT molecular complexity index is 234. The highest BCUT2D eigenvalue weighted by Gasteiger charge is 2.26. The van der Waals surface area contributed by atoms with E-state index < -0.39 is 0 Å². The second-order valence-electron chi connectivity index (χ2n) is 6.71. The van der Waals surface area contributed by atoms with Crippen molar-refractivity contribution in [1.82, 2.24) is 9.80 Å². The molecule has 2 atom stereocenters. The smallest absolute Gasteiger partial charge is 0.00793 e. The van der Waals surface area contributed by atoms with Crippen molar-refractivity contribution in [1.29, 1.82) is 0 Å². The lowest BCUT2D eigenvalue weighted by atomic mass is 9.84. The van der Waals surface area contributed by atoms with Crippen LogP contribution in [0.5, 0.6) is 0 Å². The van der Waals surface area contributed by atoms with E-state index in [0.717, 1.165) is 11.8 Å². The van der Waals surface area contributed by atoms with Crippen LogP contribution in [0.15, 0.2) is 0 Å². The van der Waals surface area contributed by atoms with Gasteiger partial charge in [-0.3, -0.25) is 0 Å². The molecule has 0 bridgehead atoms. The molecule has 1 saturated carbocycles. The van der Waals surface area contributed by atoms with Gasteiger partial charge in [0.05, 0.1) is 0 Å². The molecule has 1 aliphatic heterocycles. The van der Waals surface area contributed by atoms with Gasteiger partial charge in [-0.15, -0.1) is 0 Å². The predicted molar refractivity (Wildman–Crippen MR) is 77.7 cm³/mol. The van der Waals surface area contributed by atoms with Crippen molar-refractivity contribution in [2.24, 2.45) is 17.6 Å². The maximum absolute atomic E-state index is 6.26. The number of nitrogens with two attached hydrogens (primary N) is 1. The summed E-state index contributed by atoms with van der Waals surface area (Å²) in [5, 5.41) is 0. The van der Waals surface area contributed by atoms with Crippen LogP contribution in [0.4, 0.5) is 0 Å². The van der Waals surface area contributed by atoms with Gasteiger partial charge in [-0.05, 0) is 64.7 Å². The van der Waals surface area contributed by atoms with Crippen molar-refractivity contribution in [2.45, 2.75) is 44.6 Å². The third-order valence-electron chi connectivity index (χ3n) is 4.79. The highest BCUT2D eigenvalue weighted by Crippen LogP contribution is 2.26. The topological polar surface area (TPSA) is 32.5 Å². The lowest BCUT2D eigenvalue weighted by Crippen LogP contribution is -2.44. The second-order valence-corrected chi connectivity index (χ2v) is 6.71. The molecule has 2 N–H and O–H groups in total. The summed E-state index contributed by atoms with van der Waals surface area (Å²) in [6.07, 6.45) is 8.11. The van der Waals surface area contributed by atoms with E-state index in [2.05, 4.69) is 23.9 Å². The molecule has 1 saturated heterocycles. The second kappa shape index (κ2) is 6.88. The van der Waals surface area contributed by atoms with Gasteiger partial charge in [0.15, 0.2) is 0 Å². The Morgan fingerprint density at radius 1 is 1.06 bits per heavy atom. The number of piperidine rings is 1. The molecule has 0 aromatic rings. The zero-order chi connectivity index (χ0) is 13.0. The van der Waals surface area contributed by atoms with Crippen LogP contribution in [-0.4, -0.2) is 56.1 Å². The van der Waals surface area contributed by atoms with E-state index in [-0.39, 0.29) is 0 Å². The number of rotatable bonds is 4. The van der Waals surface area contributed by atoms with Gasteiger partial charge in [-0.25, -0.2) is 0 Å². The van der Waals surface area contributed by atoms with Crippen LogP contribution in [0, 0.1) is 11.8 Å². The van der Waals surface area contributed by atoms with Crippen molar-refractivity contribution in [3.05, 3.63) is 0 Å². The van der Waals surface area contributed by atoms with Gasteiger partial charge in [0.2, 0.25) is 0 Å². The fourth-order valence-corrected chi connectivity index (χ4v) is 3.66. The maximum Gasteiger partial charge on any atom is 0.00793 e. The SMILES string of the molecule is CN(C)CC1CCN(CC2CCCCC2N)CC1. The first kappa shape index (κ1) is 14.3. The first-order chi connectivity index (χ1) is 8.65. The molecule has 0 radical (unpaired) electrons. The Labute approximate surface area is 113 Å². The van der Waals surface area contributed by atoms with Crippen LogP contribution in [0.25, 0.3) is 0 Å². The number of nitrogens with zero attached hydrogens (tertiary/aromatic N) is 2. The lowest BCUT2D eigenvalue weighted by Gasteiger charge is -2.38. The van der Waals surface area contributed by atoms with Crippen molar-refractivity contribution in [3.8, 4) is 0 Å². The summed E-state index contributed by atoms with van der Waals surface area (Å²) >= 11 is 0. The number of likely N-dealkylation sites (tertiary alicyclic amines) is 1. The van der Waals surface area contributed by atoms with Gasteiger partial charge in [0, 0.05) is 19.1 Å². The van der Waals surface area contributed by atoms with Gasteiger partial charge in [-0.1, -0.05) is 12.8 Å². The molecule has 3 heteroatoms. The average molecular weight is 253 g/mol. The Balaban J connectivity index is 1.69. The molecular formula is C15H31N3. The number of hydrogen-bond donors (Lipinski definition) is 1. The molecule has 18 heavy (non-hydrogen) atoms. The molecule has 2 unspecified atom stereocenters. The van der Waals surface area contributed by atoms with Crippen LogP contribution in [0.3, 0.4) is 0 Å². The Morgan fingerprint density at radius 3 is 2.33 bits per heavy atom. The average Bonchev–Trinajstić information content (AvgIpc) is 2.34. The third-order valence-corrected chi connectivity index (χ3v) is 4.79. The van der Waals surface area contributed by atoms with E-state index in [1.165, 1.54) is 64.7 Å². The molecule has 2 fully saturated rings. The maximum atomic E-state index is 6.26. The molecule has 1 aliphatic carbocycles. The quantitative estimate of drug-likeness (QED) is 0.829. The minimum Gasteiger partial charge on any atom is -0.327 e. The monoisotopic (exact) mass is 253 g/mol. The molecule has 2 aliphatic rings. The summed E-state index contributed by atoms with van der Waals surface area (Å²) in [5.74, 6) is 1.68. The van der Waals surface area contributed by atoms with Gasteiger partial charge >= 0.3 is 0 Å². The first-order valence-corrected chi connectivity index (χ1v) is 7.78. The van der Waals surface area contributed by atoms with Crippen molar-refractivity contribution in [3.63, 3.8) is 0 Å². The zero-order valence-corrected chi connectivity index (χ0v) is 12.3. The standard InChI is InChI=1S/C15H31N3/c1-17(2)11-13-7-9-18(10-8-13)12-14-5-3-4-6-15(14)16/h13-15H,3-12,16H2,1-2H3. The van der Waals surface area contributed by atoms with Crippen LogP contribution in [0.1, 0.15) is 38.5 Å². The molecule has 1 heterocycles. The van der Waals surface area contributed by atoms with E-state index in [1.54, 1.807) is 0 Å². The highest BCUT2D eigenvalue weighted by molar-refractivity contribution is 4.82. The third kappa shape index (κ3) is 4.22. The summed E-state index contributed by atoms with van der Waals surface area (Å²) in [7, 11) is 4.38. The molecule has 0 amide bonds. The van der Waals surface area contributed by atoms with E-state index in [1.807, 2.05) is 0 Å². The zero-order valence-electron chi connectivity index (χ0n) is 12.3.